The molecule has 98 valence electrons. The van der Waals surface area contributed by atoms with Crippen LogP contribution >= 0.6 is 0 Å². The largest absolute Gasteiger partial charge is 0.416 e. The standard InChI is InChI=1S/C13H13F4N/c14-8-1-2-9(10(5-8)13(15,16)17)11-6-12(11)3-4-18-7-12/h1-2,5,11,18H,3-4,6-7H2/t11-,12-/m0/s1. The number of rotatable bonds is 1. The molecule has 1 aliphatic heterocycles. The van der Waals surface area contributed by atoms with Gasteiger partial charge < -0.3 is 5.32 Å². The van der Waals surface area contributed by atoms with Crippen LogP contribution in [0.15, 0.2) is 18.2 Å². The van der Waals surface area contributed by atoms with E-state index in [0.29, 0.717) is 6.07 Å². The van der Waals surface area contributed by atoms with Gasteiger partial charge in [0.05, 0.1) is 5.56 Å². The lowest BCUT2D eigenvalue weighted by Crippen LogP contribution is -2.13. The smallest absolute Gasteiger partial charge is 0.316 e. The molecule has 0 bridgehead atoms. The van der Waals surface area contributed by atoms with Crippen molar-refractivity contribution in [2.24, 2.45) is 5.41 Å². The molecule has 0 radical (unpaired) electrons. The molecule has 0 aromatic heterocycles. The molecule has 1 aromatic rings. The van der Waals surface area contributed by atoms with Crippen LogP contribution in [-0.4, -0.2) is 13.1 Å². The van der Waals surface area contributed by atoms with E-state index in [1.807, 2.05) is 0 Å². The summed E-state index contributed by atoms with van der Waals surface area (Å²) in [6, 6.07) is 3.04. The van der Waals surface area contributed by atoms with E-state index in [1.54, 1.807) is 0 Å². The highest BCUT2D eigenvalue weighted by Crippen LogP contribution is 2.63. The molecule has 1 nitrogen and oxygen atoms in total. The van der Waals surface area contributed by atoms with Crippen molar-refractivity contribution in [3.63, 3.8) is 0 Å². The molecule has 1 heterocycles. The first-order valence-corrected chi connectivity index (χ1v) is 6.00. The van der Waals surface area contributed by atoms with Crippen LogP contribution < -0.4 is 5.32 Å². The molecule has 0 amide bonds. The summed E-state index contributed by atoms with van der Waals surface area (Å²) in [7, 11) is 0. The van der Waals surface area contributed by atoms with E-state index in [-0.39, 0.29) is 16.9 Å². The lowest BCUT2D eigenvalue weighted by atomic mass is 9.94. The first kappa shape index (κ1) is 12.0. The monoisotopic (exact) mass is 259 g/mol. The molecular weight excluding hydrogens is 246 g/mol. The number of halogens is 4. The Bertz CT molecular complexity index is 474. The van der Waals surface area contributed by atoms with Gasteiger partial charge in [0.2, 0.25) is 0 Å². The van der Waals surface area contributed by atoms with Crippen LogP contribution in [-0.2, 0) is 6.18 Å². The summed E-state index contributed by atoms with van der Waals surface area (Å²) < 4.78 is 51.7. The summed E-state index contributed by atoms with van der Waals surface area (Å²) in [5.41, 5.74) is -0.568. The van der Waals surface area contributed by atoms with Gasteiger partial charge >= 0.3 is 6.18 Å². The van der Waals surface area contributed by atoms with Gasteiger partial charge in [-0.1, -0.05) is 6.07 Å². The second kappa shape index (κ2) is 3.70. The molecule has 1 aliphatic carbocycles. The third-order valence-corrected chi connectivity index (χ3v) is 4.16. The van der Waals surface area contributed by atoms with E-state index in [9.17, 15) is 17.6 Å². The highest BCUT2D eigenvalue weighted by molar-refractivity contribution is 5.40. The van der Waals surface area contributed by atoms with Crippen molar-refractivity contribution in [3.05, 3.63) is 35.1 Å². The highest BCUT2D eigenvalue weighted by atomic mass is 19.4. The third kappa shape index (κ3) is 1.81. The Balaban J connectivity index is 1.98. The maximum absolute atomic E-state index is 13.0. The first-order chi connectivity index (χ1) is 8.42. The summed E-state index contributed by atoms with van der Waals surface area (Å²) in [5, 5.41) is 3.19. The van der Waals surface area contributed by atoms with Crippen LogP contribution in [0.3, 0.4) is 0 Å². The number of hydrogen-bond donors (Lipinski definition) is 1. The van der Waals surface area contributed by atoms with Gasteiger partial charge in [-0.15, -0.1) is 0 Å². The van der Waals surface area contributed by atoms with Gasteiger partial charge in [0.25, 0.3) is 0 Å². The number of alkyl halides is 3. The zero-order valence-corrected chi connectivity index (χ0v) is 9.65. The fourth-order valence-corrected chi connectivity index (χ4v) is 3.10. The quantitative estimate of drug-likeness (QED) is 0.763. The Labute approximate surface area is 102 Å². The minimum Gasteiger partial charge on any atom is -0.316 e. The second-order valence-corrected chi connectivity index (χ2v) is 5.28. The minimum atomic E-state index is -4.48. The van der Waals surface area contributed by atoms with Crippen LogP contribution in [0.4, 0.5) is 17.6 Å². The summed E-state index contributed by atoms with van der Waals surface area (Å²) in [6.45, 7) is 1.63. The zero-order valence-electron chi connectivity index (χ0n) is 9.65. The molecule has 18 heavy (non-hydrogen) atoms. The molecule has 3 rings (SSSR count). The van der Waals surface area contributed by atoms with E-state index in [1.165, 1.54) is 6.07 Å². The van der Waals surface area contributed by atoms with E-state index >= 15 is 0 Å². The maximum Gasteiger partial charge on any atom is 0.416 e. The summed E-state index contributed by atoms with van der Waals surface area (Å²) in [4.78, 5) is 0. The van der Waals surface area contributed by atoms with Gasteiger partial charge in [-0.25, -0.2) is 4.39 Å². The summed E-state index contributed by atoms with van der Waals surface area (Å²) in [5.74, 6) is -0.907. The van der Waals surface area contributed by atoms with Crippen molar-refractivity contribution in [1.82, 2.24) is 5.32 Å². The van der Waals surface area contributed by atoms with E-state index in [2.05, 4.69) is 5.32 Å². The second-order valence-electron chi connectivity index (χ2n) is 5.28. The van der Waals surface area contributed by atoms with Crippen LogP contribution in [0.25, 0.3) is 0 Å². The van der Waals surface area contributed by atoms with Crippen molar-refractivity contribution in [2.45, 2.75) is 24.9 Å². The fourth-order valence-electron chi connectivity index (χ4n) is 3.10. The molecular formula is C13H13F4N. The molecule has 1 N–H and O–H groups in total. The number of hydrogen-bond acceptors (Lipinski definition) is 1. The molecule has 1 saturated heterocycles. The Morgan fingerprint density at radius 1 is 1.28 bits per heavy atom. The normalized spacial score (nSPS) is 31.0. The Morgan fingerprint density at radius 2 is 2.06 bits per heavy atom. The van der Waals surface area contributed by atoms with Crippen molar-refractivity contribution in [3.8, 4) is 0 Å². The van der Waals surface area contributed by atoms with Crippen LogP contribution in [0, 0.1) is 11.2 Å². The predicted octanol–water partition coefficient (Wildman–Crippen LogP) is 3.31. The average Bonchev–Trinajstić information content (AvgIpc) is 2.76. The van der Waals surface area contributed by atoms with E-state index in [4.69, 9.17) is 0 Å². The summed E-state index contributed by atoms with van der Waals surface area (Å²) in [6.07, 6.45) is -2.80. The predicted molar refractivity (Wildman–Crippen MR) is 58.7 cm³/mol. The van der Waals surface area contributed by atoms with Crippen LogP contribution in [0.2, 0.25) is 0 Å². The maximum atomic E-state index is 13.0. The van der Waals surface area contributed by atoms with E-state index in [0.717, 1.165) is 32.0 Å². The van der Waals surface area contributed by atoms with Gasteiger partial charge in [0.15, 0.2) is 0 Å². The molecule has 5 heteroatoms. The van der Waals surface area contributed by atoms with Gasteiger partial charge in [-0.05, 0) is 48.4 Å². The Kier molecular flexibility index (Phi) is 2.46. The molecule has 0 unspecified atom stereocenters. The lowest BCUT2D eigenvalue weighted by molar-refractivity contribution is -0.138. The first-order valence-electron chi connectivity index (χ1n) is 6.00. The lowest BCUT2D eigenvalue weighted by Gasteiger charge is -2.15. The topological polar surface area (TPSA) is 12.0 Å². The third-order valence-electron chi connectivity index (χ3n) is 4.16. The molecule has 2 atom stereocenters. The van der Waals surface area contributed by atoms with Gasteiger partial charge in [0, 0.05) is 6.54 Å². The fraction of sp³-hybridized carbons (Fsp3) is 0.538. The Hall–Kier alpha value is -1.10. The van der Waals surface area contributed by atoms with Crippen LogP contribution in [0.5, 0.6) is 0 Å². The molecule has 2 aliphatic rings. The number of benzene rings is 1. The van der Waals surface area contributed by atoms with Crippen molar-refractivity contribution in [1.29, 1.82) is 0 Å². The zero-order chi connectivity index (χ0) is 13.0. The highest BCUT2D eigenvalue weighted by Gasteiger charge is 2.57. The SMILES string of the molecule is Fc1ccc([C@@H]2C[C@]23CCNC3)c(C(F)(F)F)c1. The van der Waals surface area contributed by atoms with E-state index < -0.39 is 17.6 Å². The van der Waals surface area contributed by atoms with Gasteiger partial charge in [-0.3, -0.25) is 0 Å². The number of nitrogens with one attached hydrogen (secondary N) is 1. The average molecular weight is 259 g/mol. The van der Waals surface area contributed by atoms with Crippen molar-refractivity contribution in [2.75, 3.05) is 13.1 Å². The molecule has 2 fully saturated rings. The molecule has 1 aromatic carbocycles. The van der Waals surface area contributed by atoms with Gasteiger partial charge in [0.1, 0.15) is 5.82 Å². The summed E-state index contributed by atoms with van der Waals surface area (Å²) >= 11 is 0. The Morgan fingerprint density at radius 3 is 2.67 bits per heavy atom. The van der Waals surface area contributed by atoms with Crippen molar-refractivity contribution < 1.29 is 17.6 Å². The molecule has 1 spiro atoms. The van der Waals surface area contributed by atoms with Crippen molar-refractivity contribution >= 4 is 0 Å². The van der Waals surface area contributed by atoms with Gasteiger partial charge in [-0.2, -0.15) is 13.2 Å². The minimum absolute atomic E-state index is 0.0160. The molecule has 1 saturated carbocycles. The van der Waals surface area contributed by atoms with Crippen LogP contribution in [0.1, 0.15) is 29.9 Å².